The third kappa shape index (κ3) is 7.22. The number of allylic oxidation sites excluding steroid dienone is 4. The molecule has 0 aromatic heterocycles. The van der Waals surface area contributed by atoms with Crippen LogP contribution in [0.25, 0.3) is 10.8 Å². The molecule has 2 saturated carbocycles. The second-order valence-corrected chi connectivity index (χ2v) is 14.3. The van der Waals surface area contributed by atoms with E-state index in [-0.39, 0.29) is 35.9 Å². The van der Waals surface area contributed by atoms with Gasteiger partial charge in [0.2, 0.25) is 0 Å². The normalized spacial score (nSPS) is 27.7. The molecule has 6 atom stereocenters. The van der Waals surface area contributed by atoms with Gasteiger partial charge in [-0.3, -0.25) is 0 Å². The van der Waals surface area contributed by atoms with E-state index in [0.29, 0.717) is 28.3 Å². The fraction of sp³-hybridized carbons (Fsp3) is 0.429. The maximum absolute atomic E-state index is 13.5. The van der Waals surface area contributed by atoms with Crippen molar-refractivity contribution in [1.82, 2.24) is 0 Å². The van der Waals surface area contributed by atoms with Crippen LogP contribution in [0.5, 0.6) is 0 Å². The van der Waals surface area contributed by atoms with E-state index in [0.717, 1.165) is 66.2 Å². The standard InChI is InChI=1S/C42H52O4/c1-11-41(9)21-19-32(23-36(41)27(3)4)29(7)25-45-39(43)34-17-13-15-31-16-14-18-35(38(31)34)40(44)46-26-30(8)33-20-22-42(10,12-2)37(24-33)28(5)6/h11-18,32-33,36-37H,1-3,5,7-8,19-26H2,4,6,9-10H3/t32-,33-,36+,37+,41-,42-/m1/s1. The van der Waals surface area contributed by atoms with E-state index in [1.165, 1.54) is 0 Å². The fourth-order valence-electron chi connectivity index (χ4n) is 7.81. The van der Waals surface area contributed by atoms with Crippen LogP contribution >= 0.6 is 0 Å². The Kier molecular flexibility index (Phi) is 10.8. The highest BCUT2D eigenvalue weighted by atomic mass is 16.5. The summed E-state index contributed by atoms with van der Waals surface area (Å²) in [6, 6.07) is 10.8. The van der Waals surface area contributed by atoms with Crippen LogP contribution in [0.1, 0.15) is 86.9 Å². The molecule has 2 fully saturated rings. The first kappa shape index (κ1) is 34.9. The summed E-state index contributed by atoms with van der Waals surface area (Å²) < 4.78 is 11.7. The van der Waals surface area contributed by atoms with Crippen molar-refractivity contribution in [1.29, 1.82) is 0 Å². The molecular weight excluding hydrogens is 568 g/mol. The van der Waals surface area contributed by atoms with Crippen molar-refractivity contribution in [2.75, 3.05) is 13.2 Å². The van der Waals surface area contributed by atoms with Gasteiger partial charge in [0, 0.05) is 5.39 Å². The summed E-state index contributed by atoms with van der Waals surface area (Å²) in [5.74, 6) is 0.0905. The van der Waals surface area contributed by atoms with Gasteiger partial charge in [-0.1, -0.05) is 87.7 Å². The molecule has 2 aliphatic rings. The number of ether oxygens (including phenoxy) is 2. The molecule has 2 aliphatic carbocycles. The Labute approximate surface area is 276 Å². The van der Waals surface area contributed by atoms with Crippen LogP contribution < -0.4 is 0 Å². The van der Waals surface area contributed by atoms with Crippen LogP contribution in [0.4, 0.5) is 0 Å². The van der Waals surface area contributed by atoms with Crippen LogP contribution in [-0.2, 0) is 9.47 Å². The highest BCUT2D eigenvalue weighted by Gasteiger charge is 2.40. The Hall–Kier alpha value is -3.92. The summed E-state index contributed by atoms with van der Waals surface area (Å²) in [5.41, 5.74) is 4.76. The number of esters is 2. The third-order valence-electron chi connectivity index (χ3n) is 11.1. The van der Waals surface area contributed by atoms with Crippen molar-refractivity contribution in [2.24, 2.45) is 34.5 Å². The molecule has 0 bridgehead atoms. The summed E-state index contributed by atoms with van der Waals surface area (Å²) >= 11 is 0. The number of fused-ring (bicyclic) bond motifs is 1. The molecule has 4 nitrogen and oxygen atoms in total. The Balaban J connectivity index is 1.44. The zero-order chi connectivity index (χ0) is 33.8. The van der Waals surface area contributed by atoms with Gasteiger partial charge >= 0.3 is 11.9 Å². The summed E-state index contributed by atoms with van der Waals surface area (Å²) in [7, 11) is 0. The monoisotopic (exact) mass is 620 g/mol. The predicted molar refractivity (Wildman–Crippen MR) is 191 cm³/mol. The van der Waals surface area contributed by atoms with E-state index in [1.54, 1.807) is 24.3 Å². The minimum Gasteiger partial charge on any atom is -0.458 e. The number of hydrogen-bond donors (Lipinski definition) is 0. The topological polar surface area (TPSA) is 52.6 Å². The minimum atomic E-state index is -0.488. The molecule has 0 radical (unpaired) electrons. The lowest BCUT2D eigenvalue weighted by Crippen LogP contribution is -2.34. The van der Waals surface area contributed by atoms with Crippen molar-refractivity contribution in [3.05, 3.63) is 121 Å². The first-order chi connectivity index (χ1) is 21.7. The quantitative estimate of drug-likeness (QED) is 0.175. The Morgan fingerprint density at radius 1 is 0.739 bits per heavy atom. The number of rotatable bonds is 12. The van der Waals surface area contributed by atoms with E-state index in [9.17, 15) is 9.59 Å². The molecule has 2 aromatic carbocycles. The fourth-order valence-corrected chi connectivity index (χ4v) is 7.81. The largest absolute Gasteiger partial charge is 0.458 e. The number of carbonyl (C=O) groups is 2. The van der Waals surface area contributed by atoms with Crippen molar-refractivity contribution in [3.63, 3.8) is 0 Å². The van der Waals surface area contributed by atoms with E-state index >= 15 is 0 Å². The van der Waals surface area contributed by atoms with E-state index < -0.39 is 11.9 Å². The molecule has 0 amide bonds. The Bertz CT molecular complexity index is 1460. The molecule has 0 saturated heterocycles. The summed E-state index contributed by atoms with van der Waals surface area (Å²) in [5, 5.41) is 1.29. The van der Waals surface area contributed by atoms with Gasteiger partial charge in [-0.25, -0.2) is 9.59 Å². The van der Waals surface area contributed by atoms with Crippen LogP contribution in [-0.4, -0.2) is 25.2 Å². The van der Waals surface area contributed by atoms with Gasteiger partial charge in [-0.05, 0) is 116 Å². The first-order valence-corrected chi connectivity index (χ1v) is 16.5. The second kappa shape index (κ2) is 14.2. The predicted octanol–water partition coefficient (Wildman–Crippen LogP) is 10.6. The Morgan fingerprint density at radius 3 is 1.48 bits per heavy atom. The molecule has 244 valence electrons. The van der Waals surface area contributed by atoms with Gasteiger partial charge in [0.05, 0.1) is 11.1 Å². The summed E-state index contributed by atoms with van der Waals surface area (Å²) in [6.07, 6.45) is 9.81. The third-order valence-corrected chi connectivity index (χ3v) is 11.1. The van der Waals surface area contributed by atoms with E-state index in [1.807, 2.05) is 12.1 Å². The lowest BCUT2D eigenvalue weighted by molar-refractivity contribution is 0.0522. The average Bonchev–Trinajstić information content (AvgIpc) is 3.05. The SMILES string of the molecule is C=C[C@]1(C)CC[C@@H](C(=C)COC(=O)c2cccc3cccc(C(=O)OCC(=C)[C@@H]4CC[C@@](C)(C=C)[C@H](C(=C)C)C4)c23)C[C@H]1C(=C)C. The molecule has 0 heterocycles. The van der Waals surface area contributed by atoms with E-state index in [2.05, 4.69) is 79.3 Å². The van der Waals surface area contributed by atoms with Crippen molar-refractivity contribution < 1.29 is 19.1 Å². The van der Waals surface area contributed by atoms with Crippen LogP contribution in [0.2, 0.25) is 0 Å². The summed E-state index contributed by atoms with van der Waals surface area (Å²) in [4.78, 5) is 27.0. The van der Waals surface area contributed by atoms with Crippen LogP contribution in [0.3, 0.4) is 0 Å². The molecule has 0 N–H and O–H groups in total. The van der Waals surface area contributed by atoms with Gasteiger partial charge in [0.1, 0.15) is 13.2 Å². The van der Waals surface area contributed by atoms with Gasteiger partial charge in [0.15, 0.2) is 0 Å². The molecule has 2 aromatic rings. The summed E-state index contributed by atoms with van der Waals surface area (Å²) in [6.45, 7) is 34.1. The molecule has 0 spiro atoms. The number of carbonyl (C=O) groups excluding carboxylic acids is 2. The molecule has 4 heteroatoms. The van der Waals surface area contributed by atoms with Crippen molar-refractivity contribution in [3.8, 4) is 0 Å². The van der Waals surface area contributed by atoms with Crippen molar-refractivity contribution >= 4 is 22.7 Å². The number of hydrogen-bond acceptors (Lipinski definition) is 4. The van der Waals surface area contributed by atoms with Gasteiger partial charge < -0.3 is 9.47 Å². The molecule has 4 rings (SSSR count). The van der Waals surface area contributed by atoms with Gasteiger partial charge in [-0.15, -0.1) is 13.2 Å². The Morgan fingerprint density at radius 2 is 1.13 bits per heavy atom. The van der Waals surface area contributed by atoms with Gasteiger partial charge in [-0.2, -0.15) is 0 Å². The number of benzene rings is 2. The van der Waals surface area contributed by atoms with Crippen LogP contribution in [0.15, 0.2) is 110 Å². The zero-order valence-electron chi connectivity index (χ0n) is 28.5. The molecule has 0 unspecified atom stereocenters. The first-order valence-electron chi connectivity index (χ1n) is 16.5. The smallest absolute Gasteiger partial charge is 0.339 e. The minimum absolute atomic E-state index is 0.00991. The average molecular weight is 621 g/mol. The molecule has 0 aliphatic heterocycles. The maximum Gasteiger partial charge on any atom is 0.339 e. The second-order valence-electron chi connectivity index (χ2n) is 14.3. The molecular formula is C42H52O4. The highest BCUT2D eigenvalue weighted by Crippen LogP contribution is 2.50. The van der Waals surface area contributed by atoms with Crippen LogP contribution in [0, 0.1) is 34.5 Å². The molecule has 46 heavy (non-hydrogen) atoms. The van der Waals surface area contributed by atoms with E-state index in [4.69, 9.17) is 9.47 Å². The van der Waals surface area contributed by atoms with Crippen molar-refractivity contribution in [2.45, 2.75) is 66.2 Å². The van der Waals surface area contributed by atoms with Gasteiger partial charge in [0.25, 0.3) is 0 Å². The highest BCUT2D eigenvalue weighted by molar-refractivity contribution is 6.13. The lowest BCUT2D eigenvalue weighted by Gasteiger charge is -2.43. The zero-order valence-corrected chi connectivity index (χ0v) is 28.5. The lowest BCUT2D eigenvalue weighted by atomic mass is 9.61. The maximum atomic E-state index is 13.5.